The number of halogens is 3. The molecule has 0 atom stereocenters. The molecule has 2 rings (SSSR count). The minimum absolute atomic E-state index is 0.0851. The molecule has 1 saturated carbocycles. The second-order valence-electron chi connectivity index (χ2n) is 5.32. The topological polar surface area (TPSA) is 33.0 Å². The number of nitriles is 1. The maximum absolute atomic E-state index is 13.3. The van der Waals surface area contributed by atoms with Gasteiger partial charge in [0.15, 0.2) is 17.5 Å². The molecule has 2 nitrogen and oxygen atoms in total. The molecular weight excluding hydrogens is 279 g/mol. The molecule has 0 saturated heterocycles. The highest BCUT2D eigenvalue weighted by Crippen LogP contribution is 2.41. The van der Waals surface area contributed by atoms with Gasteiger partial charge in [-0.2, -0.15) is 9.65 Å². The van der Waals surface area contributed by atoms with Gasteiger partial charge in [-0.25, -0.2) is 8.78 Å². The molecule has 1 fully saturated rings. The Labute approximate surface area is 121 Å². The number of allylic oxidation sites excluding steroid dienone is 1. The van der Waals surface area contributed by atoms with Crippen LogP contribution in [0.1, 0.15) is 37.2 Å². The highest BCUT2D eigenvalue weighted by Gasteiger charge is 2.35. The summed E-state index contributed by atoms with van der Waals surface area (Å²) in [6.45, 7) is 0. The van der Waals surface area contributed by atoms with Crippen molar-refractivity contribution in [3.05, 3.63) is 47.3 Å². The second-order valence-corrected chi connectivity index (χ2v) is 5.32. The van der Waals surface area contributed by atoms with Crippen molar-refractivity contribution >= 4 is 0 Å². The van der Waals surface area contributed by atoms with Crippen LogP contribution in [0.15, 0.2) is 30.1 Å². The number of nitrogens with zero attached hydrogens (tertiary/aromatic N) is 1. The van der Waals surface area contributed by atoms with Gasteiger partial charge >= 0.3 is 0 Å². The predicted molar refractivity (Wildman–Crippen MR) is 72.1 cm³/mol. The van der Waals surface area contributed by atoms with Gasteiger partial charge in [0, 0.05) is 7.11 Å². The van der Waals surface area contributed by atoms with Crippen molar-refractivity contribution in [2.24, 2.45) is 0 Å². The summed E-state index contributed by atoms with van der Waals surface area (Å²) in [5.41, 5.74) is -0.0436. The van der Waals surface area contributed by atoms with Gasteiger partial charge in [-0.1, -0.05) is 6.07 Å². The first-order valence-electron chi connectivity index (χ1n) is 6.78. The molecule has 0 N–H and O–H groups in total. The zero-order valence-electron chi connectivity index (χ0n) is 11.7. The van der Waals surface area contributed by atoms with E-state index in [-0.39, 0.29) is 5.92 Å². The van der Waals surface area contributed by atoms with Gasteiger partial charge in [-0.3, -0.25) is 0 Å². The predicted octanol–water partition coefficient (Wildman–Crippen LogP) is 4.38. The smallest absolute Gasteiger partial charge is 0.198 e. The maximum Gasteiger partial charge on any atom is 0.198 e. The molecule has 5 heteroatoms. The van der Waals surface area contributed by atoms with Crippen LogP contribution in [0.4, 0.5) is 13.2 Å². The SMILES string of the molecule is COC1(C=C(F)C#N)CCC(c2ccc(F)c(F)c2)CC1. The number of rotatable bonds is 3. The molecule has 21 heavy (non-hydrogen) atoms. The average Bonchev–Trinajstić information content (AvgIpc) is 2.50. The number of hydrogen-bond acceptors (Lipinski definition) is 2. The first kappa shape index (κ1) is 15.6. The Balaban J connectivity index is 2.12. The average molecular weight is 295 g/mol. The zero-order chi connectivity index (χ0) is 15.5. The van der Waals surface area contributed by atoms with Crippen molar-refractivity contribution in [2.75, 3.05) is 7.11 Å². The third kappa shape index (κ3) is 3.45. The van der Waals surface area contributed by atoms with Crippen molar-refractivity contribution in [2.45, 2.75) is 37.2 Å². The van der Waals surface area contributed by atoms with Crippen LogP contribution in [-0.4, -0.2) is 12.7 Å². The minimum atomic E-state index is -0.861. The van der Waals surface area contributed by atoms with E-state index in [4.69, 9.17) is 10.00 Å². The Morgan fingerprint density at radius 1 is 1.33 bits per heavy atom. The van der Waals surface area contributed by atoms with E-state index < -0.39 is 23.1 Å². The summed E-state index contributed by atoms with van der Waals surface area (Å²) in [4.78, 5) is 0. The van der Waals surface area contributed by atoms with Gasteiger partial charge in [0.2, 0.25) is 0 Å². The van der Waals surface area contributed by atoms with Gasteiger partial charge < -0.3 is 4.74 Å². The molecule has 0 spiro atoms. The Morgan fingerprint density at radius 3 is 2.52 bits per heavy atom. The van der Waals surface area contributed by atoms with Crippen molar-refractivity contribution in [1.29, 1.82) is 5.26 Å². The molecule has 1 aliphatic carbocycles. The first-order chi connectivity index (χ1) is 9.99. The molecule has 0 unspecified atom stereocenters. The van der Waals surface area contributed by atoms with E-state index >= 15 is 0 Å². The van der Waals surface area contributed by atoms with E-state index in [2.05, 4.69) is 0 Å². The Bertz CT molecular complexity index is 584. The summed E-state index contributed by atoms with van der Waals surface area (Å²) in [6, 6.07) is 5.37. The normalized spacial score (nSPS) is 26.4. The van der Waals surface area contributed by atoms with E-state index in [0.717, 1.165) is 11.6 Å². The number of methoxy groups -OCH3 is 1. The van der Waals surface area contributed by atoms with Crippen LogP contribution < -0.4 is 0 Å². The molecule has 112 valence electrons. The number of ether oxygens (including phenoxy) is 1. The minimum Gasteiger partial charge on any atom is -0.374 e. The van der Waals surface area contributed by atoms with Crippen molar-refractivity contribution < 1.29 is 17.9 Å². The van der Waals surface area contributed by atoms with Crippen LogP contribution >= 0.6 is 0 Å². The maximum atomic E-state index is 13.3. The van der Waals surface area contributed by atoms with E-state index in [1.54, 1.807) is 6.07 Å². The van der Waals surface area contributed by atoms with Gasteiger partial charge in [-0.05, 0) is 55.4 Å². The number of hydrogen-bond donors (Lipinski definition) is 0. The van der Waals surface area contributed by atoms with Crippen LogP contribution in [0.2, 0.25) is 0 Å². The Kier molecular flexibility index (Phi) is 4.69. The van der Waals surface area contributed by atoms with Crippen LogP contribution in [0, 0.1) is 23.0 Å². The second kappa shape index (κ2) is 6.31. The molecule has 0 bridgehead atoms. The van der Waals surface area contributed by atoms with Gasteiger partial charge in [0.05, 0.1) is 5.60 Å². The standard InChI is InChI=1S/C16H16F3NO/c1-21-16(9-13(17)10-20)6-4-11(5-7-16)12-2-3-14(18)15(19)8-12/h2-3,8-9,11H,4-7H2,1H3. The fourth-order valence-corrected chi connectivity index (χ4v) is 2.88. The first-order valence-corrected chi connectivity index (χ1v) is 6.78. The zero-order valence-corrected chi connectivity index (χ0v) is 11.7. The van der Waals surface area contributed by atoms with E-state index in [9.17, 15) is 13.2 Å². The summed E-state index contributed by atoms with van der Waals surface area (Å²) in [6.07, 6.45) is 3.60. The van der Waals surface area contributed by atoms with E-state index in [0.29, 0.717) is 25.7 Å². The highest BCUT2D eigenvalue weighted by molar-refractivity contribution is 5.25. The van der Waals surface area contributed by atoms with Gasteiger partial charge in [-0.15, -0.1) is 0 Å². The lowest BCUT2D eigenvalue weighted by Gasteiger charge is -2.37. The van der Waals surface area contributed by atoms with Crippen LogP contribution in [0.25, 0.3) is 0 Å². The summed E-state index contributed by atoms with van der Waals surface area (Å²) < 4.78 is 44.8. The van der Waals surface area contributed by atoms with Crippen LogP contribution in [-0.2, 0) is 4.74 Å². The molecule has 0 heterocycles. The third-order valence-electron chi connectivity index (χ3n) is 4.15. The lowest BCUT2D eigenvalue weighted by molar-refractivity contribution is -0.00346. The lowest BCUT2D eigenvalue weighted by atomic mass is 9.75. The molecular formula is C16H16F3NO. The molecule has 0 radical (unpaired) electrons. The van der Waals surface area contributed by atoms with Crippen LogP contribution in [0.3, 0.4) is 0 Å². The fraction of sp³-hybridized carbons (Fsp3) is 0.438. The van der Waals surface area contributed by atoms with Gasteiger partial charge in [0.25, 0.3) is 0 Å². The summed E-state index contributed by atoms with van der Waals surface area (Å²) in [5, 5.41) is 8.54. The van der Waals surface area contributed by atoms with Crippen molar-refractivity contribution in [3.8, 4) is 6.07 Å². The van der Waals surface area contributed by atoms with Crippen LogP contribution in [0.5, 0.6) is 0 Å². The molecule has 0 aromatic heterocycles. The van der Waals surface area contributed by atoms with E-state index in [1.165, 1.54) is 25.3 Å². The summed E-state index contributed by atoms with van der Waals surface area (Å²) in [7, 11) is 1.49. The highest BCUT2D eigenvalue weighted by atomic mass is 19.2. The molecule has 1 aromatic carbocycles. The quantitative estimate of drug-likeness (QED) is 0.775. The molecule has 1 aliphatic rings. The lowest BCUT2D eigenvalue weighted by Crippen LogP contribution is -2.34. The summed E-state index contributed by atoms with van der Waals surface area (Å²) in [5.74, 6) is -2.49. The largest absolute Gasteiger partial charge is 0.374 e. The number of benzene rings is 1. The van der Waals surface area contributed by atoms with Crippen molar-refractivity contribution in [3.63, 3.8) is 0 Å². The third-order valence-corrected chi connectivity index (χ3v) is 4.15. The monoisotopic (exact) mass is 295 g/mol. The fourth-order valence-electron chi connectivity index (χ4n) is 2.88. The van der Waals surface area contributed by atoms with Crippen molar-refractivity contribution in [1.82, 2.24) is 0 Å². The molecule has 0 aliphatic heterocycles. The summed E-state index contributed by atoms with van der Waals surface area (Å²) >= 11 is 0. The Morgan fingerprint density at radius 2 is 2.00 bits per heavy atom. The Hall–Kier alpha value is -1.80. The molecule has 1 aromatic rings. The van der Waals surface area contributed by atoms with Gasteiger partial charge in [0.1, 0.15) is 6.07 Å². The molecule has 0 amide bonds. The van der Waals surface area contributed by atoms with E-state index in [1.807, 2.05) is 0 Å².